The summed E-state index contributed by atoms with van der Waals surface area (Å²) in [5.74, 6) is 0.919. The molecule has 0 aliphatic carbocycles. The summed E-state index contributed by atoms with van der Waals surface area (Å²) in [5.41, 5.74) is 3.20. The largest absolute Gasteiger partial charge is 0.493 e. The highest BCUT2D eigenvalue weighted by molar-refractivity contribution is 6.42. The Labute approximate surface area is 212 Å². The van der Waals surface area contributed by atoms with Gasteiger partial charge in [-0.05, 0) is 47.5 Å². The molecule has 0 atom stereocenters. The van der Waals surface area contributed by atoms with Crippen LogP contribution in [0, 0.1) is 0 Å². The summed E-state index contributed by atoms with van der Waals surface area (Å²) in [6, 6.07) is 20.3. The maximum absolute atomic E-state index is 12.1. The molecule has 3 aromatic carbocycles. The minimum atomic E-state index is -0.182. The fraction of sp³-hybridized carbons (Fsp3) is 0.115. The highest BCUT2D eigenvalue weighted by Gasteiger charge is 2.10. The van der Waals surface area contributed by atoms with Crippen molar-refractivity contribution in [2.45, 2.75) is 13.2 Å². The van der Waals surface area contributed by atoms with E-state index in [0.29, 0.717) is 33.8 Å². The summed E-state index contributed by atoms with van der Waals surface area (Å²) < 4.78 is 12.9. The number of benzene rings is 3. The van der Waals surface area contributed by atoms with Crippen LogP contribution in [0.15, 0.2) is 79.0 Å². The second kappa shape index (κ2) is 11.6. The molecule has 7 nitrogen and oxygen atoms in total. The molecule has 1 amide bonds. The molecule has 0 radical (unpaired) electrons. The van der Waals surface area contributed by atoms with E-state index in [9.17, 15) is 4.79 Å². The first-order valence-corrected chi connectivity index (χ1v) is 11.4. The Morgan fingerprint density at radius 1 is 1.03 bits per heavy atom. The van der Waals surface area contributed by atoms with Crippen LogP contribution in [0.5, 0.6) is 11.5 Å². The third-order valence-electron chi connectivity index (χ3n) is 5.01. The third-order valence-corrected chi connectivity index (χ3v) is 5.74. The summed E-state index contributed by atoms with van der Waals surface area (Å²) in [6.07, 6.45) is 5.03. The van der Waals surface area contributed by atoms with Crippen LogP contribution in [0.2, 0.25) is 10.0 Å². The lowest BCUT2D eigenvalue weighted by Crippen LogP contribution is -2.20. The molecule has 178 valence electrons. The van der Waals surface area contributed by atoms with Crippen molar-refractivity contribution < 1.29 is 14.3 Å². The first kappa shape index (κ1) is 24.3. The highest BCUT2D eigenvalue weighted by Crippen LogP contribution is 2.29. The van der Waals surface area contributed by atoms with Crippen molar-refractivity contribution in [3.63, 3.8) is 0 Å². The average molecular weight is 509 g/mol. The van der Waals surface area contributed by atoms with Crippen LogP contribution < -0.4 is 14.8 Å². The van der Waals surface area contributed by atoms with Crippen LogP contribution in [0.1, 0.15) is 16.8 Å². The number of halogens is 2. The topological polar surface area (TPSA) is 78.3 Å². The summed E-state index contributed by atoms with van der Waals surface area (Å²) in [4.78, 5) is 12.1. The fourth-order valence-electron chi connectivity index (χ4n) is 3.20. The minimum Gasteiger partial charge on any atom is -0.493 e. The van der Waals surface area contributed by atoms with Gasteiger partial charge in [-0.2, -0.15) is 0 Å². The predicted octanol–water partition coefficient (Wildman–Crippen LogP) is 5.49. The second-order valence-corrected chi connectivity index (χ2v) is 8.30. The Hall–Kier alpha value is -3.81. The number of carbonyl (C=O) groups is 1. The molecule has 0 unspecified atom stereocenters. The molecule has 1 N–H and O–H groups in total. The van der Waals surface area contributed by atoms with E-state index in [1.807, 2.05) is 42.5 Å². The average Bonchev–Trinajstić information content (AvgIpc) is 3.36. The van der Waals surface area contributed by atoms with Crippen LogP contribution in [-0.2, 0) is 17.9 Å². The Bertz CT molecular complexity index is 1340. The van der Waals surface area contributed by atoms with Crippen LogP contribution in [0.3, 0.4) is 0 Å². The van der Waals surface area contributed by atoms with Crippen molar-refractivity contribution in [2.75, 3.05) is 7.11 Å². The van der Waals surface area contributed by atoms with Crippen molar-refractivity contribution in [1.82, 2.24) is 20.3 Å². The summed E-state index contributed by atoms with van der Waals surface area (Å²) in [5, 5.41) is 12.0. The number of methoxy groups -OCH3 is 1. The summed E-state index contributed by atoms with van der Waals surface area (Å²) in [6.45, 7) is 0.546. The standard InChI is InChI=1S/C26H22Cl2N4O3/c1-34-25-13-19(15-29-26(33)12-8-18-5-3-2-4-6-18)7-11-24(25)35-17-20-16-32(31-30-20)21-9-10-22(27)23(28)14-21/h2-14,16H,15,17H2,1H3,(H,29,33)/b12-8+. The quantitative estimate of drug-likeness (QED) is 0.302. The monoisotopic (exact) mass is 508 g/mol. The second-order valence-electron chi connectivity index (χ2n) is 7.49. The van der Waals surface area contributed by atoms with E-state index in [1.54, 1.807) is 48.3 Å². The van der Waals surface area contributed by atoms with E-state index in [-0.39, 0.29) is 12.5 Å². The lowest BCUT2D eigenvalue weighted by molar-refractivity contribution is -0.116. The molecule has 0 fully saturated rings. The van der Waals surface area contributed by atoms with Gasteiger partial charge in [0.15, 0.2) is 11.5 Å². The Kier molecular flexibility index (Phi) is 8.03. The van der Waals surface area contributed by atoms with Gasteiger partial charge in [0, 0.05) is 12.6 Å². The first-order valence-electron chi connectivity index (χ1n) is 10.7. The van der Waals surface area contributed by atoms with Crippen molar-refractivity contribution in [3.8, 4) is 17.2 Å². The molecule has 1 aromatic heterocycles. The summed E-state index contributed by atoms with van der Waals surface area (Å²) in [7, 11) is 1.56. The van der Waals surface area contributed by atoms with Crippen LogP contribution in [-0.4, -0.2) is 28.0 Å². The Balaban J connectivity index is 1.34. The number of hydrogen-bond donors (Lipinski definition) is 1. The first-order chi connectivity index (χ1) is 17.0. The highest BCUT2D eigenvalue weighted by atomic mass is 35.5. The number of ether oxygens (including phenoxy) is 2. The number of aromatic nitrogens is 3. The van der Waals surface area contributed by atoms with E-state index in [0.717, 1.165) is 16.8 Å². The maximum Gasteiger partial charge on any atom is 0.244 e. The van der Waals surface area contributed by atoms with Gasteiger partial charge in [-0.15, -0.1) is 5.10 Å². The number of carbonyl (C=O) groups excluding carboxylic acids is 1. The van der Waals surface area contributed by atoms with E-state index < -0.39 is 0 Å². The molecule has 1 heterocycles. The van der Waals surface area contributed by atoms with Gasteiger partial charge in [-0.3, -0.25) is 4.79 Å². The van der Waals surface area contributed by atoms with E-state index >= 15 is 0 Å². The van der Waals surface area contributed by atoms with Gasteiger partial charge < -0.3 is 14.8 Å². The van der Waals surface area contributed by atoms with E-state index in [1.165, 1.54) is 6.08 Å². The molecular formula is C26H22Cl2N4O3. The number of nitrogens with one attached hydrogen (secondary N) is 1. The Morgan fingerprint density at radius 2 is 1.86 bits per heavy atom. The maximum atomic E-state index is 12.1. The van der Waals surface area contributed by atoms with Gasteiger partial charge in [-0.25, -0.2) is 4.68 Å². The van der Waals surface area contributed by atoms with Crippen molar-refractivity contribution in [1.29, 1.82) is 0 Å². The zero-order valence-electron chi connectivity index (χ0n) is 18.8. The molecule has 4 aromatic rings. The number of nitrogens with zero attached hydrogens (tertiary/aromatic N) is 3. The lowest BCUT2D eigenvalue weighted by atomic mass is 10.2. The zero-order chi connectivity index (χ0) is 24.6. The van der Waals surface area contributed by atoms with E-state index in [4.69, 9.17) is 32.7 Å². The van der Waals surface area contributed by atoms with Crippen LogP contribution in [0.25, 0.3) is 11.8 Å². The van der Waals surface area contributed by atoms with Gasteiger partial charge in [0.1, 0.15) is 12.3 Å². The fourth-order valence-corrected chi connectivity index (χ4v) is 3.49. The molecule has 0 saturated heterocycles. The van der Waals surface area contributed by atoms with Gasteiger partial charge in [0.25, 0.3) is 0 Å². The van der Waals surface area contributed by atoms with Gasteiger partial charge in [0.05, 0.1) is 29.0 Å². The molecule has 0 aliphatic heterocycles. The molecule has 0 spiro atoms. The van der Waals surface area contributed by atoms with Crippen molar-refractivity contribution in [3.05, 3.63) is 106 Å². The van der Waals surface area contributed by atoms with Crippen LogP contribution >= 0.6 is 23.2 Å². The van der Waals surface area contributed by atoms with E-state index in [2.05, 4.69) is 15.6 Å². The predicted molar refractivity (Wildman–Crippen MR) is 136 cm³/mol. The zero-order valence-corrected chi connectivity index (χ0v) is 20.3. The molecule has 9 heteroatoms. The van der Waals surface area contributed by atoms with Gasteiger partial charge in [0.2, 0.25) is 5.91 Å². The molecule has 0 bridgehead atoms. The molecule has 4 rings (SSSR count). The number of rotatable bonds is 9. The van der Waals surface area contributed by atoms with Gasteiger partial charge >= 0.3 is 0 Å². The molecule has 0 aliphatic rings. The minimum absolute atomic E-state index is 0.182. The van der Waals surface area contributed by atoms with Gasteiger partial charge in [-0.1, -0.05) is 64.8 Å². The molecule has 0 saturated carbocycles. The number of hydrogen-bond acceptors (Lipinski definition) is 5. The van der Waals surface area contributed by atoms with Crippen molar-refractivity contribution in [2.24, 2.45) is 0 Å². The third kappa shape index (κ3) is 6.62. The molecular weight excluding hydrogens is 487 g/mol. The van der Waals surface area contributed by atoms with Crippen LogP contribution in [0.4, 0.5) is 0 Å². The Morgan fingerprint density at radius 3 is 2.63 bits per heavy atom. The lowest BCUT2D eigenvalue weighted by Gasteiger charge is -2.11. The van der Waals surface area contributed by atoms with Crippen molar-refractivity contribution >= 4 is 35.2 Å². The summed E-state index contributed by atoms with van der Waals surface area (Å²) >= 11 is 12.1. The normalized spacial score (nSPS) is 10.9. The number of amides is 1. The SMILES string of the molecule is COc1cc(CNC(=O)/C=C/c2ccccc2)ccc1OCc1cn(-c2ccc(Cl)c(Cl)c2)nn1. The smallest absolute Gasteiger partial charge is 0.244 e. The molecule has 35 heavy (non-hydrogen) atoms.